The van der Waals surface area contributed by atoms with E-state index in [9.17, 15) is 0 Å². The summed E-state index contributed by atoms with van der Waals surface area (Å²) in [5, 5.41) is 0. The Balaban J connectivity index is 0.000000170. The Kier molecular flexibility index (Phi) is 9.71. The van der Waals surface area contributed by atoms with Gasteiger partial charge in [0.25, 0.3) is 0 Å². The van der Waals surface area contributed by atoms with Crippen LogP contribution in [0.2, 0.25) is 0 Å². The van der Waals surface area contributed by atoms with Crippen LogP contribution in [0.4, 0.5) is 5.69 Å². The number of nitrogens with zero attached hydrogens (tertiary/aromatic N) is 1. The van der Waals surface area contributed by atoms with Gasteiger partial charge in [0.1, 0.15) is 0 Å². The van der Waals surface area contributed by atoms with Gasteiger partial charge in [-0.25, -0.2) is 0 Å². The Morgan fingerprint density at radius 1 is 0.781 bits per heavy atom. The van der Waals surface area contributed by atoms with Crippen molar-refractivity contribution in [2.45, 2.75) is 62.7 Å². The molecule has 0 amide bonds. The normalized spacial score (nSPS) is 31.7. The molecule has 6 rings (SSSR count). The van der Waals surface area contributed by atoms with Gasteiger partial charge in [0.05, 0.1) is 0 Å². The molecule has 176 valence electrons. The molecule has 0 aliphatic heterocycles. The fourth-order valence-electron chi connectivity index (χ4n) is 6.82. The second-order valence-corrected chi connectivity index (χ2v) is 12.2. The van der Waals surface area contributed by atoms with Gasteiger partial charge in [0.2, 0.25) is 0 Å². The van der Waals surface area contributed by atoms with Crippen LogP contribution < -0.4 is 17.3 Å². The number of fused-ring (bicyclic) bond motifs is 4. The number of anilines is 1. The van der Waals surface area contributed by atoms with Gasteiger partial charge in [-0.15, -0.1) is 44.5 Å². The predicted octanol–water partition coefficient (Wildman–Crippen LogP) is 4.26. The first kappa shape index (κ1) is 26.2. The molecule has 0 spiro atoms. The van der Waals surface area contributed by atoms with E-state index in [1.54, 1.807) is 51.4 Å². The Morgan fingerprint density at radius 2 is 1.38 bits per heavy atom. The molecule has 0 radical (unpaired) electrons. The van der Waals surface area contributed by atoms with Gasteiger partial charge in [0.15, 0.2) is 0 Å². The minimum Gasteiger partial charge on any atom is -1.00 e. The fraction of sp³-hybridized carbons (Fsp3) is 0.571. The van der Waals surface area contributed by atoms with E-state index in [0.717, 1.165) is 5.56 Å². The standard InChI is InChI=1S/C14H14N.C14H23P.ClH.Pd/c1-15(2)14-11-7-6-10-13(14)12-8-4-3-5-9-12;1-3-11-5-9(1)7-13(11)15-14-8-10-2-4-12(14)6-10;;/h3-8,10-11H,1-2H3;9-15H,1-8H2;1H;/q-1;;;+2/p-1. The monoisotopic (exact) mass is 559 g/mol. The zero-order valence-corrected chi connectivity index (χ0v) is 22.7. The van der Waals surface area contributed by atoms with Gasteiger partial charge in [-0.3, -0.25) is 0 Å². The van der Waals surface area contributed by atoms with Crippen LogP contribution in [0, 0.1) is 29.7 Å². The summed E-state index contributed by atoms with van der Waals surface area (Å²) in [5.74, 6) is 4.72. The van der Waals surface area contributed by atoms with Gasteiger partial charge in [-0.05, 0) is 79.6 Å². The number of rotatable bonds is 4. The van der Waals surface area contributed by atoms with E-state index in [1.165, 1.54) is 54.8 Å². The molecule has 2 aromatic rings. The van der Waals surface area contributed by atoms with Crippen molar-refractivity contribution in [1.82, 2.24) is 0 Å². The SMILES string of the molecule is C1CC2CC1CC2PC1CC2CCC1C2.CN(C)c1ccccc1-c1[c-]cccc1.[Cl-].[Pd+2]. The van der Waals surface area contributed by atoms with E-state index >= 15 is 0 Å². The summed E-state index contributed by atoms with van der Waals surface area (Å²) in [6, 6.07) is 19.7. The molecule has 0 saturated heterocycles. The third-order valence-electron chi connectivity index (χ3n) is 8.29. The van der Waals surface area contributed by atoms with Crippen molar-refractivity contribution in [3.63, 3.8) is 0 Å². The molecule has 4 heteroatoms. The summed E-state index contributed by atoms with van der Waals surface area (Å²) in [4.78, 5) is 2.12. The van der Waals surface area contributed by atoms with Crippen LogP contribution in [0.15, 0.2) is 48.5 Å². The van der Waals surface area contributed by atoms with Gasteiger partial charge in [-0.1, -0.05) is 36.6 Å². The van der Waals surface area contributed by atoms with Crippen LogP contribution in [-0.4, -0.2) is 25.4 Å². The minimum atomic E-state index is 0. The molecule has 4 aliphatic rings. The van der Waals surface area contributed by atoms with Crippen molar-refractivity contribution in [3.05, 3.63) is 54.6 Å². The number of halogens is 1. The number of benzene rings is 2. The largest absolute Gasteiger partial charge is 2.00 e. The predicted molar refractivity (Wildman–Crippen MR) is 132 cm³/mol. The summed E-state index contributed by atoms with van der Waals surface area (Å²) >= 11 is 0. The summed E-state index contributed by atoms with van der Waals surface area (Å²) in [5.41, 5.74) is 5.99. The molecule has 6 atom stereocenters. The van der Waals surface area contributed by atoms with E-state index in [0.29, 0.717) is 0 Å². The smallest absolute Gasteiger partial charge is 1.00 e. The van der Waals surface area contributed by atoms with Crippen molar-refractivity contribution >= 4 is 14.3 Å². The summed E-state index contributed by atoms with van der Waals surface area (Å²) in [6.07, 6.45) is 12.9. The second kappa shape index (κ2) is 11.8. The van der Waals surface area contributed by atoms with Crippen molar-refractivity contribution in [2.24, 2.45) is 23.7 Å². The molecular weight excluding hydrogens is 523 g/mol. The van der Waals surface area contributed by atoms with Crippen LogP contribution >= 0.6 is 8.58 Å². The van der Waals surface area contributed by atoms with Crippen LogP contribution in [-0.2, 0) is 20.4 Å². The Morgan fingerprint density at radius 3 is 1.84 bits per heavy atom. The molecule has 4 saturated carbocycles. The Labute approximate surface area is 217 Å². The quantitative estimate of drug-likeness (QED) is 0.307. The first-order chi connectivity index (χ1) is 14.7. The van der Waals surface area contributed by atoms with Crippen molar-refractivity contribution in [3.8, 4) is 11.1 Å². The third kappa shape index (κ3) is 5.81. The molecule has 1 nitrogen and oxygen atoms in total. The zero-order valence-electron chi connectivity index (χ0n) is 19.4. The molecule has 0 aromatic heterocycles. The summed E-state index contributed by atoms with van der Waals surface area (Å²) in [6.45, 7) is 0. The van der Waals surface area contributed by atoms with Gasteiger partial charge in [0, 0.05) is 19.8 Å². The maximum atomic E-state index is 3.25. The molecule has 4 aliphatic carbocycles. The van der Waals surface area contributed by atoms with Gasteiger partial charge in [-0.2, -0.15) is 0 Å². The number of para-hydroxylation sites is 1. The van der Waals surface area contributed by atoms with E-state index in [1.807, 2.05) is 18.2 Å². The van der Waals surface area contributed by atoms with Gasteiger partial charge < -0.3 is 17.3 Å². The fourth-order valence-corrected chi connectivity index (χ4v) is 9.46. The topological polar surface area (TPSA) is 3.24 Å². The average molecular weight is 560 g/mol. The van der Waals surface area contributed by atoms with E-state index < -0.39 is 0 Å². The molecule has 6 unspecified atom stereocenters. The maximum absolute atomic E-state index is 3.25. The molecular formula is C28H37ClNPPd. The van der Waals surface area contributed by atoms with Crippen LogP contribution in [0.3, 0.4) is 0 Å². The van der Waals surface area contributed by atoms with Crippen molar-refractivity contribution < 1.29 is 32.8 Å². The second-order valence-electron chi connectivity index (χ2n) is 10.4. The molecule has 0 N–H and O–H groups in total. The van der Waals surface area contributed by atoms with Gasteiger partial charge >= 0.3 is 20.4 Å². The van der Waals surface area contributed by atoms with E-state index in [2.05, 4.69) is 55.4 Å². The van der Waals surface area contributed by atoms with Crippen LogP contribution in [0.25, 0.3) is 11.1 Å². The number of hydrogen-bond donors (Lipinski definition) is 0. The maximum Gasteiger partial charge on any atom is 2.00 e. The zero-order chi connectivity index (χ0) is 20.5. The van der Waals surface area contributed by atoms with Crippen molar-refractivity contribution in [1.29, 1.82) is 0 Å². The van der Waals surface area contributed by atoms with E-state index in [-0.39, 0.29) is 32.8 Å². The third-order valence-corrected chi connectivity index (χ3v) is 10.6. The van der Waals surface area contributed by atoms with Crippen LogP contribution in [0.1, 0.15) is 51.4 Å². The molecule has 4 fully saturated rings. The van der Waals surface area contributed by atoms with E-state index in [4.69, 9.17) is 0 Å². The summed E-state index contributed by atoms with van der Waals surface area (Å²) < 4.78 is 0. The first-order valence-electron chi connectivity index (χ1n) is 12.2. The first-order valence-corrected chi connectivity index (χ1v) is 13.3. The Bertz CT molecular complexity index is 818. The molecule has 32 heavy (non-hydrogen) atoms. The molecule has 4 bridgehead atoms. The minimum absolute atomic E-state index is 0. The van der Waals surface area contributed by atoms with Crippen molar-refractivity contribution in [2.75, 3.05) is 19.0 Å². The average Bonchev–Trinajstić information content (AvgIpc) is 3.57. The molecule has 0 heterocycles. The Hall–Kier alpha value is -0.378. The molecule has 2 aromatic carbocycles. The van der Waals surface area contributed by atoms with Crippen LogP contribution in [0.5, 0.6) is 0 Å². The summed E-state index contributed by atoms with van der Waals surface area (Å²) in [7, 11) is 5.49. The number of hydrogen-bond acceptors (Lipinski definition) is 1.